The third-order valence-electron chi connectivity index (χ3n) is 3.55. The van der Waals surface area contributed by atoms with Gasteiger partial charge in [-0.1, -0.05) is 18.2 Å². The lowest BCUT2D eigenvalue weighted by molar-refractivity contribution is -0.123. The Bertz CT molecular complexity index is 962. The normalized spacial score (nSPS) is 12.5. The zero-order chi connectivity index (χ0) is 20.9. The second-order valence-corrected chi connectivity index (χ2v) is 8.89. The predicted octanol–water partition coefficient (Wildman–Crippen LogP) is 3.32. The van der Waals surface area contributed by atoms with E-state index in [4.69, 9.17) is 4.74 Å². The Labute approximate surface area is 172 Å². The lowest BCUT2D eigenvalue weighted by atomic mass is 10.2. The molecule has 0 aliphatic carbocycles. The molecule has 2 aromatic carbocycles. The molecule has 0 saturated carbocycles. The van der Waals surface area contributed by atoms with E-state index < -0.39 is 28.0 Å². The zero-order valence-corrected chi connectivity index (χ0v) is 18.0. The Morgan fingerprint density at radius 3 is 2.29 bits per heavy atom. The van der Waals surface area contributed by atoms with Crippen molar-refractivity contribution in [2.45, 2.75) is 37.8 Å². The molecular formula is C19H21BrN2O5S. The van der Waals surface area contributed by atoms with Crippen LogP contribution in [0.2, 0.25) is 0 Å². The highest BCUT2D eigenvalue weighted by Crippen LogP contribution is 2.23. The van der Waals surface area contributed by atoms with E-state index in [0.717, 1.165) is 0 Å². The number of nitrogens with one attached hydrogen (secondary N) is 2. The summed E-state index contributed by atoms with van der Waals surface area (Å²) in [6.45, 7) is 4.82. The van der Waals surface area contributed by atoms with Gasteiger partial charge in [0.1, 0.15) is 0 Å². The lowest BCUT2D eigenvalue weighted by Gasteiger charge is -2.15. The van der Waals surface area contributed by atoms with Gasteiger partial charge in [0, 0.05) is 16.2 Å². The quantitative estimate of drug-likeness (QED) is 0.606. The molecule has 2 rings (SSSR count). The van der Waals surface area contributed by atoms with Crippen LogP contribution >= 0.6 is 15.9 Å². The van der Waals surface area contributed by atoms with Gasteiger partial charge in [-0.25, -0.2) is 17.9 Å². The third-order valence-corrected chi connectivity index (χ3v) is 5.90. The molecule has 7 nitrogen and oxygen atoms in total. The fraction of sp³-hybridized carbons (Fsp3) is 0.263. The molecule has 150 valence electrons. The maximum atomic E-state index is 12.5. The number of hydrogen-bond donors (Lipinski definition) is 2. The van der Waals surface area contributed by atoms with Gasteiger partial charge >= 0.3 is 5.97 Å². The number of carbonyl (C=O) groups excluding carboxylic acids is 2. The van der Waals surface area contributed by atoms with E-state index in [1.54, 1.807) is 38.1 Å². The van der Waals surface area contributed by atoms with Crippen molar-refractivity contribution in [2.75, 3.05) is 5.32 Å². The number of sulfonamides is 1. The molecule has 1 amide bonds. The summed E-state index contributed by atoms with van der Waals surface area (Å²) in [5, 5.41) is 2.64. The fourth-order valence-electron chi connectivity index (χ4n) is 2.25. The summed E-state index contributed by atoms with van der Waals surface area (Å²) >= 11 is 3.21. The van der Waals surface area contributed by atoms with Crippen molar-refractivity contribution >= 4 is 43.5 Å². The van der Waals surface area contributed by atoms with Crippen LogP contribution in [0.25, 0.3) is 0 Å². The van der Waals surface area contributed by atoms with Gasteiger partial charge in [-0.05, 0) is 67.0 Å². The molecule has 1 atom stereocenters. The molecule has 2 N–H and O–H groups in total. The number of carbonyl (C=O) groups is 2. The number of esters is 1. The Balaban J connectivity index is 2.15. The van der Waals surface area contributed by atoms with E-state index in [1.165, 1.54) is 25.1 Å². The fourth-order valence-corrected chi connectivity index (χ4v) is 3.93. The molecule has 0 fully saturated rings. The standard InChI is InChI=1S/C19H21BrN2O5S/c1-12(2)22-28(25,26)15-9-10-17(20)16(11-15)19(24)27-13(3)18(23)21-14-7-5-4-6-8-14/h4-13,22H,1-3H3,(H,21,23)/t13-/m1/s1. The number of ether oxygens (including phenoxy) is 1. The molecule has 0 spiro atoms. The van der Waals surface area contributed by atoms with Crippen molar-refractivity contribution in [1.82, 2.24) is 4.72 Å². The number of benzene rings is 2. The van der Waals surface area contributed by atoms with Crippen molar-refractivity contribution in [3.05, 3.63) is 58.6 Å². The van der Waals surface area contributed by atoms with Crippen molar-refractivity contribution in [3.63, 3.8) is 0 Å². The monoisotopic (exact) mass is 468 g/mol. The van der Waals surface area contributed by atoms with Gasteiger partial charge in [-0.3, -0.25) is 4.79 Å². The highest BCUT2D eigenvalue weighted by Gasteiger charge is 2.23. The largest absolute Gasteiger partial charge is 0.449 e. The van der Waals surface area contributed by atoms with E-state index in [9.17, 15) is 18.0 Å². The van der Waals surface area contributed by atoms with E-state index in [-0.39, 0.29) is 16.5 Å². The first-order valence-corrected chi connectivity index (χ1v) is 10.8. The topological polar surface area (TPSA) is 102 Å². The molecule has 0 heterocycles. The van der Waals surface area contributed by atoms with Gasteiger partial charge in [0.15, 0.2) is 6.10 Å². The number of halogens is 1. The molecule has 0 aliphatic rings. The zero-order valence-electron chi connectivity index (χ0n) is 15.6. The van der Waals surface area contributed by atoms with E-state index in [0.29, 0.717) is 10.2 Å². The average molecular weight is 469 g/mol. The lowest BCUT2D eigenvalue weighted by Crippen LogP contribution is -2.31. The Morgan fingerprint density at radius 1 is 1.04 bits per heavy atom. The van der Waals surface area contributed by atoms with Crippen molar-refractivity contribution in [1.29, 1.82) is 0 Å². The molecule has 0 bridgehead atoms. The Hall–Kier alpha value is -2.23. The van der Waals surface area contributed by atoms with Crippen LogP contribution in [0.4, 0.5) is 5.69 Å². The third kappa shape index (κ3) is 5.88. The first kappa shape index (κ1) is 22.1. The van der Waals surface area contributed by atoms with Crippen LogP contribution in [0, 0.1) is 0 Å². The molecule has 0 radical (unpaired) electrons. The minimum atomic E-state index is -3.78. The van der Waals surface area contributed by atoms with Crippen LogP contribution < -0.4 is 10.0 Å². The molecule has 2 aromatic rings. The van der Waals surface area contributed by atoms with Crippen LogP contribution in [0.5, 0.6) is 0 Å². The predicted molar refractivity (Wildman–Crippen MR) is 110 cm³/mol. The van der Waals surface area contributed by atoms with Crippen LogP contribution in [-0.4, -0.2) is 32.4 Å². The smallest absolute Gasteiger partial charge is 0.340 e. The Morgan fingerprint density at radius 2 is 1.68 bits per heavy atom. The van der Waals surface area contributed by atoms with Gasteiger partial charge in [0.25, 0.3) is 5.91 Å². The second kappa shape index (κ2) is 9.31. The van der Waals surface area contributed by atoms with Crippen LogP contribution in [0.1, 0.15) is 31.1 Å². The summed E-state index contributed by atoms with van der Waals surface area (Å²) in [6, 6.07) is 12.5. The van der Waals surface area contributed by atoms with E-state index >= 15 is 0 Å². The molecule has 0 aromatic heterocycles. The second-order valence-electron chi connectivity index (χ2n) is 6.32. The molecular weight excluding hydrogens is 448 g/mol. The van der Waals surface area contributed by atoms with Gasteiger partial charge < -0.3 is 10.1 Å². The molecule has 28 heavy (non-hydrogen) atoms. The van der Waals surface area contributed by atoms with E-state index in [1.807, 2.05) is 6.07 Å². The molecule has 9 heteroatoms. The SMILES string of the molecule is CC(C)NS(=O)(=O)c1ccc(Br)c(C(=O)O[C@H](C)C(=O)Nc2ccccc2)c1. The number of rotatable bonds is 7. The minimum absolute atomic E-state index is 0.00555. The number of anilines is 1. The summed E-state index contributed by atoms with van der Waals surface area (Å²) in [5.74, 6) is -1.31. The van der Waals surface area contributed by atoms with Crippen molar-refractivity contribution in [2.24, 2.45) is 0 Å². The van der Waals surface area contributed by atoms with Gasteiger partial charge in [-0.15, -0.1) is 0 Å². The van der Waals surface area contributed by atoms with Crippen LogP contribution in [0.15, 0.2) is 57.9 Å². The minimum Gasteiger partial charge on any atom is -0.449 e. The molecule has 0 unspecified atom stereocenters. The average Bonchev–Trinajstić information content (AvgIpc) is 2.61. The van der Waals surface area contributed by atoms with Crippen molar-refractivity contribution < 1.29 is 22.7 Å². The molecule has 0 aliphatic heterocycles. The first-order chi connectivity index (χ1) is 13.1. The van der Waals surface area contributed by atoms with Crippen LogP contribution in [-0.2, 0) is 19.6 Å². The first-order valence-electron chi connectivity index (χ1n) is 8.49. The summed E-state index contributed by atoms with van der Waals surface area (Å²) in [4.78, 5) is 24.6. The summed E-state index contributed by atoms with van der Waals surface area (Å²) < 4.78 is 32.6. The summed E-state index contributed by atoms with van der Waals surface area (Å²) in [6.07, 6.45) is -1.08. The maximum Gasteiger partial charge on any atom is 0.340 e. The van der Waals surface area contributed by atoms with Gasteiger partial charge in [-0.2, -0.15) is 0 Å². The van der Waals surface area contributed by atoms with Crippen LogP contribution in [0.3, 0.4) is 0 Å². The summed E-state index contributed by atoms with van der Waals surface area (Å²) in [7, 11) is -3.78. The molecule has 0 saturated heterocycles. The van der Waals surface area contributed by atoms with Crippen molar-refractivity contribution in [3.8, 4) is 0 Å². The highest BCUT2D eigenvalue weighted by atomic mass is 79.9. The van der Waals surface area contributed by atoms with Gasteiger partial charge in [0.2, 0.25) is 10.0 Å². The van der Waals surface area contributed by atoms with Gasteiger partial charge in [0.05, 0.1) is 10.5 Å². The summed E-state index contributed by atoms with van der Waals surface area (Å²) in [5.41, 5.74) is 0.579. The maximum absolute atomic E-state index is 12.5. The Kier molecular flexibility index (Phi) is 7.34. The number of hydrogen-bond acceptors (Lipinski definition) is 5. The number of para-hydroxylation sites is 1. The van der Waals surface area contributed by atoms with E-state index in [2.05, 4.69) is 26.0 Å². The number of amides is 1. The highest BCUT2D eigenvalue weighted by molar-refractivity contribution is 9.10.